The summed E-state index contributed by atoms with van der Waals surface area (Å²) >= 11 is 0. The number of esters is 3. The van der Waals surface area contributed by atoms with Gasteiger partial charge in [0, 0.05) is 18.1 Å². The molecule has 8 heteroatoms. The standard InChI is InChI=1S/C22H26O8/c1-11-7-6-8-15(10-23)18(27-14(4)24)19(29-21(26)22(5)13(3)30-22)17-12(2)20(25)28-16(17)9-11/h8-10,13,16-19H,2,6-7H2,1,3-5H3/b11-9-,15-8-/t13-,16-,17+,18+,19+,22-/m1/s1. The highest BCUT2D eigenvalue weighted by Gasteiger charge is 2.59. The normalized spacial score (nSPS) is 39.4. The molecule has 0 saturated carbocycles. The fraction of sp³-hybridized carbons (Fsp3) is 0.545. The number of fused-ring (bicyclic) bond motifs is 1. The topological polar surface area (TPSA) is 109 Å². The van der Waals surface area contributed by atoms with Gasteiger partial charge in [0.25, 0.3) is 0 Å². The lowest BCUT2D eigenvalue weighted by Crippen LogP contribution is -2.47. The number of epoxide rings is 1. The first-order valence-electron chi connectivity index (χ1n) is 9.87. The van der Waals surface area contributed by atoms with Crippen molar-refractivity contribution < 1.29 is 38.1 Å². The van der Waals surface area contributed by atoms with Crippen LogP contribution >= 0.6 is 0 Å². The molecule has 2 heterocycles. The molecule has 3 rings (SSSR count). The van der Waals surface area contributed by atoms with Crippen molar-refractivity contribution in [3.63, 3.8) is 0 Å². The van der Waals surface area contributed by atoms with Gasteiger partial charge < -0.3 is 18.9 Å². The van der Waals surface area contributed by atoms with E-state index in [0.29, 0.717) is 19.1 Å². The van der Waals surface area contributed by atoms with E-state index >= 15 is 0 Å². The first kappa shape index (κ1) is 22.0. The summed E-state index contributed by atoms with van der Waals surface area (Å²) in [4.78, 5) is 48.9. The monoisotopic (exact) mass is 418 g/mol. The van der Waals surface area contributed by atoms with Crippen LogP contribution in [0.4, 0.5) is 0 Å². The minimum atomic E-state index is -1.22. The highest BCUT2D eigenvalue weighted by atomic mass is 16.7. The molecule has 0 bridgehead atoms. The molecule has 2 aliphatic heterocycles. The fourth-order valence-electron chi connectivity index (χ4n) is 3.81. The fourth-order valence-corrected chi connectivity index (χ4v) is 3.81. The molecule has 0 radical (unpaired) electrons. The van der Waals surface area contributed by atoms with Crippen molar-refractivity contribution in [3.05, 3.63) is 35.5 Å². The van der Waals surface area contributed by atoms with Crippen LogP contribution < -0.4 is 0 Å². The Morgan fingerprint density at radius 3 is 2.57 bits per heavy atom. The first-order valence-corrected chi connectivity index (χ1v) is 9.87. The van der Waals surface area contributed by atoms with Gasteiger partial charge in [0.05, 0.1) is 12.0 Å². The number of aldehydes is 1. The van der Waals surface area contributed by atoms with Crippen molar-refractivity contribution in [2.75, 3.05) is 0 Å². The number of allylic oxidation sites excluding steroid dienone is 2. The van der Waals surface area contributed by atoms with Gasteiger partial charge in [-0.3, -0.25) is 9.59 Å². The molecule has 0 unspecified atom stereocenters. The maximum atomic E-state index is 12.9. The van der Waals surface area contributed by atoms with Gasteiger partial charge >= 0.3 is 17.9 Å². The summed E-state index contributed by atoms with van der Waals surface area (Å²) in [7, 11) is 0. The Morgan fingerprint density at radius 2 is 2.00 bits per heavy atom. The SMILES string of the molecule is C=C1C(=O)O[C@@H]2/C=C(/C)CC/C=C(/C=O)[C@H](OC(C)=O)[C@@H](OC(=O)[C@]3(C)O[C@@H]3C)[C@@H]12. The number of hydrogen-bond acceptors (Lipinski definition) is 8. The van der Waals surface area contributed by atoms with E-state index in [1.807, 2.05) is 6.92 Å². The van der Waals surface area contributed by atoms with E-state index in [1.54, 1.807) is 26.0 Å². The summed E-state index contributed by atoms with van der Waals surface area (Å²) < 4.78 is 22.0. The Bertz CT molecular complexity index is 853. The lowest BCUT2D eigenvalue weighted by atomic mass is 9.83. The van der Waals surface area contributed by atoms with Gasteiger partial charge in [0.1, 0.15) is 12.4 Å². The molecule has 0 aromatic rings. The summed E-state index contributed by atoms with van der Waals surface area (Å²) in [5.74, 6) is -2.80. The lowest BCUT2D eigenvalue weighted by Gasteiger charge is -2.33. The average Bonchev–Trinajstić information content (AvgIpc) is 3.20. The third kappa shape index (κ3) is 4.09. The zero-order chi connectivity index (χ0) is 22.2. The predicted octanol–water partition coefficient (Wildman–Crippen LogP) is 1.97. The summed E-state index contributed by atoms with van der Waals surface area (Å²) in [5, 5.41) is 0. The molecule has 0 spiro atoms. The Morgan fingerprint density at radius 1 is 1.33 bits per heavy atom. The van der Waals surface area contributed by atoms with Crippen molar-refractivity contribution in [3.8, 4) is 0 Å². The molecule has 6 atom stereocenters. The number of ether oxygens (including phenoxy) is 4. The summed E-state index contributed by atoms with van der Waals surface area (Å²) in [6.45, 7) is 10.2. The van der Waals surface area contributed by atoms with Gasteiger partial charge in [-0.25, -0.2) is 9.59 Å². The molecular formula is C22H26O8. The number of carbonyl (C=O) groups is 4. The van der Waals surface area contributed by atoms with Crippen LogP contribution in [-0.4, -0.2) is 54.2 Å². The van der Waals surface area contributed by atoms with Crippen LogP contribution in [-0.2, 0) is 38.1 Å². The van der Waals surface area contributed by atoms with Crippen LogP contribution in [0.25, 0.3) is 0 Å². The van der Waals surface area contributed by atoms with E-state index in [9.17, 15) is 19.2 Å². The smallest absolute Gasteiger partial charge is 0.341 e. The second-order valence-electron chi connectivity index (χ2n) is 8.06. The van der Waals surface area contributed by atoms with Crippen LogP contribution in [0.5, 0.6) is 0 Å². The van der Waals surface area contributed by atoms with Crippen molar-refractivity contribution in [2.45, 2.75) is 70.6 Å². The van der Waals surface area contributed by atoms with E-state index in [0.717, 1.165) is 5.57 Å². The van der Waals surface area contributed by atoms with Gasteiger partial charge in [0.15, 0.2) is 17.8 Å². The largest absolute Gasteiger partial charge is 0.455 e. The Kier molecular flexibility index (Phi) is 5.99. The van der Waals surface area contributed by atoms with E-state index in [4.69, 9.17) is 18.9 Å². The van der Waals surface area contributed by atoms with Crippen molar-refractivity contribution in [2.24, 2.45) is 5.92 Å². The average molecular weight is 418 g/mol. The second kappa shape index (κ2) is 8.18. The quantitative estimate of drug-likeness (QED) is 0.170. The van der Waals surface area contributed by atoms with Crippen LogP contribution in [0.1, 0.15) is 40.5 Å². The zero-order valence-electron chi connectivity index (χ0n) is 17.5. The van der Waals surface area contributed by atoms with E-state index in [1.165, 1.54) is 6.92 Å². The second-order valence-corrected chi connectivity index (χ2v) is 8.06. The number of hydrogen-bond donors (Lipinski definition) is 0. The van der Waals surface area contributed by atoms with Gasteiger partial charge in [-0.2, -0.15) is 0 Å². The molecule has 0 aromatic carbocycles. The van der Waals surface area contributed by atoms with Gasteiger partial charge in [-0.1, -0.05) is 18.2 Å². The molecule has 1 aliphatic carbocycles. The molecule has 0 aromatic heterocycles. The molecular weight excluding hydrogens is 392 g/mol. The van der Waals surface area contributed by atoms with E-state index in [2.05, 4.69) is 6.58 Å². The molecule has 2 fully saturated rings. The lowest BCUT2D eigenvalue weighted by molar-refractivity contribution is -0.172. The Labute approximate surface area is 174 Å². The van der Waals surface area contributed by atoms with Crippen LogP contribution in [0, 0.1) is 5.92 Å². The van der Waals surface area contributed by atoms with Crippen molar-refractivity contribution in [1.82, 2.24) is 0 Å². The van der Waals surface area contributed by atoms with E-state index in [-0.39, 0.29) is 17.3 Å². The van der Waals surface area contributed by atoms with Crippen LogP contribution in [0.15, 0.2) is 35.5 Å². The Balaban J connectivity index is 2.09. The Hall–Kier alpha value is -2.74. The van der Waals surface area contributed by atoms with E-state index < -0.39 is 47.7 Å². The van der Waals surface area contributed by atoms with Crippen LogP contribution in [0.3, 0.4) is 0 Å². The highest BCUT2D eigenvalue weighted by molar-refractivity contribution is 5.92. The summed E-state index contributed by atoms with van der Waals surface area (Å²) in [6.07, 6.45) is 1.59. The predicted molar refractivity (Wildman–Crippen MR) is 104 cm³/mol. The van der Waals surface area contributed by atoms with Crippen LogP contribution in [0.2, 0.25) is 0 Å². The number of rotatable bonds is 4. The van der Waals surface area contributed by atoms with Gasteiger partial charge in [-0.15, -0.1) is 0 Å². The maximum absolute atomic E-state index is 12.9. The molecule has 0 N–H and O–H groups in total. The molecule has 30 heavy (non-hydrogen) atoms. The third-order valence-electron chi connectivity index (χ3n) is 5.83. The molecule has 0 amide bonds. The van der Waals surface area contributed by atoms with Gasteiger partial charge in [0.2, 0.25) is 0 Å². The molecule has 162 valence electrons. The van der Waals surface area contributed by atoms with Crippen molar-refractivity contribution in [1.29, 1.82) is 0 Å². The molecule has 8 nitrogen and oxygen atoms in total. The zero-order valence-corrected chi connectivity index (χ0v) is 17.5. The minimum absolute atomic E-state index is 0.0831. The number of carbonyl (C=O) groups excluding carboxylic acids is 4. The minimum Gasteiger partial charge on any atom is -0.455 e. The third-order valence-corrected chi connectivity index (χ3v) is 5.83. The summed E-state index contributed by atoms with van der Waals surface area (Å²) in [5.41, 5.74) is 0.0297. The highest BCUT2D eigenvalue weighted by Crippen LogP contribution is 2.41. The van der Waals surface area contributed by atoms with Gasteiger partial charge in [-0.05, 0) is 39.7 Å². The first-order chi connectivity index (χ1) is 14.1. The summed E-state index contributed by atoms with van der Waals surface area (Å²) in [6, 6.07) is 0. The van der Waals surface area contributed by atoms with Crippen molar-refractivity contribution >= 4 is 24.2 Å². The molecule has 2 saturated heterocycles. The molecule has 3 aliphatic rings. The maximum Gasteiger partial charge on any atom is 0.341 e.